The first-order valence-corrected chi connectivity index (χ1v) is 13.6. The number of piperazine rings is 1. The van der Waals surface area contributed by atoms with Gasteiger partial charge in [0.25, 0.3) is 5.91 Å². The molecular formula is C29H37N5O3. The van der Waals surface area contributed by atoms with Crippen LogP contribution in [0.4, 0.5) is 4.79 Å². The van der Waals surface area contributed by atoms with Crippen LogP contribution < -0.4 is 4.74 Å². The number of aromatic amines is 1. The molecule has 2 atom stereocenters. The Morgan fingerprint density at radius 2 is 1.92 bits per heavy atom. The van der Waals surface area contributed by atoms with Gasteiger partial charge in [-0.05, 0) is 63.1 Å². The fourth-order valence-electron chi connectivity index (χ4n) is 6.44. The van der Waals surface area contributed by atoms with Gasteiger partial charge in [-0.25, -0.2) is 4.79 Å². The number of carbonyl (C=O) groups is 2. The van der Waals surface area contributed by atoms with Crippen LogP contribution >= 0.6 is 0 Å². The zero-order chi connectivity index (χ0) is 25.7. The number of urea groups is 1. The smallest absolute Gasteiger partial charge is 0.328 e. The lowest BCUT2D eigenvalue weighted by molar-refractivity contribution is -0.133. The molecule has 0 bridgehead atoms. The molecule has 1 unspecified atom stereocenters. The number of nitrogens with one attached hydrogen (secondary N) is 1. The normalized spacial score (nSPS) is 26.6. The van der Waals surface area contributed by atoms with E-state index in [1.807, 2.05) is 30.9 Å². The molecule has 1 aromatic carbocycles. The molecule has 8 nitrogen and oxygen atoms in total. The molecule has 8 heteroatoms. The van der Waals surface area contributed by atoms with Crippen LogP contribution in [-0.2, 0) is 11.2 Å². The first-order chi connectivity index (χ1) is 17.9. The van der Waals surface area contributed by atoms with Gasteiger partial charge in [-0.3, -0.25) is 19.5 Å². The molecule has 3 amide bonds. The van der Waals surface area contributed by atoms with Gasteiger partial charge < -0.3 is 14.6 Å². The maximum atomic E-state index is 14.0. The van der Waals surface area contributed by atoms with Crippen LogP contribution in [0.25, 0.3) is 10.9 Å². The maximum Gasteiger partial charge on any atom is 0.328 e. The van der Waals surface area contributed by atoms with Crippen LogP contribution in [0, 0.1) is 0 Å². The fourth-order valence-corrected chi connectivity index (χ4v) is 6.44. The topological polar surface area (TPSA) is 72.1 Å². The third kappa shape index (κ3) is 3.97. The molecule has 1 N–H and O–H groups in total. The highest BCUT2D eigenvalue weighted by molar-refractivity contribution is 6.08. The molecule has 1 aliphatic carbocycles. The van der Waals surface area contributed by atoms with Crippen LogP contribution in [-0.4, -0.2) is 95.0 Å². The molecule has 6 rings (SSSR count). The van der Waals surface area contributed by atoms with E-state index in [4.69, 9.17) is 4.74 Å². The summed E-state index contributed by atoms with van der Waals surface area (Å²) in [5, 5.41) is 1.07. The number of ether oxygens (including phenoxy) is 1. The number of H-pyrrole nitrogens is 1. The number of nitrogens with zero attached hydrogens (tertiary/aromatic N) is 4. The van der Waals surface area contributed by atoms with Crippen molar-refractivity contribution in [3.63, 3.8) is 0 Å². The number of benzene rings is 1. The first-order valence-electron chi connectivity index (χ1n) is 13.6. The van der Waals surface area contributed by atoms with E-state index in [2.05, 4.69) is 46.1 Å². The summed E-state index contributed by atoms with van der Waals surface area (Å²) < 4.78 is 5.80. The number of likely N-dealkylation sites (N-methyl/N-ethyl adjacent to an activating group) is 1. The quantitative estimate of drug-likeness (QED) is 0.609. The average Bonchev–Trinajstić information content (AvgIpc) is 3.34. The van der Waals surface area contributed by atoms with Gasteiger partial charge in [0, 0.05) is 62.3 Å². The van der Waals surface area contributed by atoms with Crippen LogP contribution in [0.5, 0.6) is 5.75 Å². The highest BCUT2D eigenvalue weighted by Crippen LogP contribution is 2.49. The van der Waals surface area contributed by atoms with Crippen molar-refractivity contribution in [2.24, 2.45) is 0 Å². The van der Waals surface area contributed by atoms with Crippen LogP contribution in [0.1, 0.15) is 44.0 Å². The Labute approximate surface area is 218 Å². The fraction of sp³-hybridized carbons (Fsp3) is 0.517. The van der Waals surface area contributed by atoms with Crippen LogP contribution in [0.15, 0.2) is 42.0 Å². The van der Waals surface area contributed by atoms with E-state index in [-0.39, 0.29) is 18.0 Å². The van der Waals surface area contributed by atoms with Crippen molar-refractivity contribution in [3.8, 4) is 5.75 Å². The number of allylic oxidation sites excluding steroid dienone is 2. The molecule has 2 saturated heterocycles. The number of carbonyl (C=O) groups excluding carboxylic acids is 2. The summed E-state index contributed by atoms with van der Waals surface area (Å²) in [7, 11) is 2.13. The van der Waals surface area contributed by atoms with Gasteiger partial charge in [-0.1, -0.05) is 18.2 Å². The zero-order valence-corrected chi connectivity index (χ0v) is 22.1. The van der Waals surface area contributed by atoms with Crippen molar-refractivity contribution in [1.82, 2.24) is 24.6 Å². The first kappa shape index (κ1) is 24.2. The summed E-state index contributed by atoms with van der Waals surface area (Å²) in [5.41, 5.74) is 3.29. The predicted octanol–water partition coefficient (Wildman–Crippen LogP) is 3.71. The molecule has 1 aromatic heterocycles. The number of hydrogen-bond acceptors (Lipinski definition) is 5. The Bertz CT molecular complexity index is 1290. The minimum Gasteiger partial charge on any atom is -0.494 e. The molecule has 4 aliphatic rings. The van der Waals surface area contributed by atoms with Crippen LogP contribution in [0.2, 0.25) is 0 Å². The molecule has 2 fully saturated rings. The van der Waals surface area contributed by atoms with E-state index < -0.39 is 5.54 Å². The lowest BCUT2D eigenvalue weighted by Gasteiger charge is -2.43. The van der Waals surface area contributed by atoms with E-state index >= 15 is 0 Å². The molecule has 0 spiro atoms. The molecule has 196 valence electrons. The second kappa shape index (κ2) is 9.33. The zero-order valence-electron chi connectivity index (χ0n) is 22.1. The Kier molecular flexibility index (Phi) is 6.12. The predicted molar refractivity (Wildman–Crippen MR) is 144 cm³/mol. The number of rotatable bonds is 6. The number of fused-ring (bicyclic) bond motifs is 4. The molecular weight excluding hydrogens is 466 g/mol. The van der Waals surface area contributed by atoms with Gasteiger partial charge >= 0.3 is 6.03 Å². The summed E-state index contributed by atoms with van der Waals surface area (Å²) in [5.74, 6) is 0.735. The van der Waals surface area contributed by atoms with Crippen molar-refractivity contribution < 1.29 is 14.3 Å². The van der Waals surface area contributed by atoms with Gasteiger partial charge in [0.1, 0.15) is 11.3 Å². The van der Waals surface area contributed by atoms with E-state index in [1.165, 1.54) is 4.90 Å². The van der Waals surface area contributed by atoms with E-state index in [0.717, 1.165) is 72.5 Å². The van der Waals surface area contributed by atoms with Gasteiger partial charge in [0.2, 0.25) is 0 Å². The lowest BCUT2D eigenvalue weighted by Crippen LogP contribution is -2.53. The summed E-state index contributed by atoms with van der Waals surface area (Å²) in [6.07, 6.45) is 8.94. The van der Waals surface area contributed by atoms with Crippen molar-refractivity contribution in [2.45, 2.75) is 44.7 Å². The third-order valence-electron chi connectivity index (χ3n) is 8.52. The van der Waals surface area contributed by atoms with Gasteiger partial charge in [-0.2, -0.15) is 0 Å². The Morgan fingerprint density at radius 1 is 1.11 bits per heavy atom. The Hall–Kier alpha value is -3.10. The second-order valence-corrected chi connectivity index (χ2v) is 10.9. The molecule has 4 heterocycles. The number of hydrogen-bond donors (Lipinski definition) is 1. The van der Waals surface area contributed by atoms with Gasteiger partial charge in [0.05, 0.1) is 12.6 Å². The van der Waals surface area contributed by atoms with Crippen molar-refractivity contribution >= 4 is 22.8 Å². The largest absolute Gasteiger partial charge is 0.494 e. The second-order valence-electron chi connectivity index (χ2n) is 10.9. The van der Waals surface area contributed by atoms with Crippen molar-refractivity contribution in [3.05, 3.63) is 53.3 Å². The number of imide groups is 1. The molecule has 37 heavy (non-hydrogen) atoms. The summed E-state index contributed by atoms with van der Waals surface area (Å²) in [4.78, 5) is 39.7. The molecule has 2 aromatic rings. The summed E-state index contributed by atoms with van der Waals surface area (Å²) >= 11 is 0. The Morgan fingerprint density at radius 3 is 2.65 bits per heavy atom. The summed E-state index contributed by atoms with van der Waals surface area (Å²) in [6, 6.07) is 5.59. The third-order valence-corrected chi connectivity index (χ3v) is 8.52. The van der Waals surface area contributed by atoms with Gasteiger partial charge in [0.15, 0.2) is 0 Å². The van der Waals surface area contributed by atoms with Crippen LogP contribution in [0.3, 0.4) is 0 Å². The van der Waals surface area contributed by atoms with Gasteiger partial charge in [-0.15, -0.1) is 0 Å². The maximum absolute atomic E-state index is 14.0. The minimum atomic E-state index is -0.931. The van der Waals surface area contributed by atoms with Crippen molar-refractivity contribution in [2.75, 3.05) is 52.9 Å². The lowest BCUT2D eigenvalue weighted by atomic mass is 9.80. The number of aromatic nitrogens is 1. The Balaban J connectivity index is 1.38. The molecule has 0 radical (unpaired) electrons. The average molecular weight is 504 g/mol. The van der Waals surface area contributed by atoms with Crippen molar-refractivity contribution in [1.29, 1.82) is 0 Å². The van der Waals surface area contributed by atoms with E-state index in [0.29, 0.717) is 26.1 Å². The highest BCUT2D eigenvalue weighted by atomic mass is 16.5. The molecule has 3 aliphatic heterocycles. The minimum absolute atomic E-state index is 0.0852. The SMILES string of the molecule is CCOc1ccc2[nH]c3c(c2c1)CC1(C)C(=O)N(CCN2CCN(C)CC2)C(=O)N1[C@@H]3C1=CCCC=C1. The van der Waals surface area contributed by atoms with E-state index in [9.17, 15) is 9.59 Å². The molecule has 0 saturated carbocycles. The standard InChI is InChI=1S/C29H37N5O3/c1-4-37-21-10-11-24-22(18-21)23-19-29(2)27(35)33(17-16-32-14-12-31(3)13-15-32)28(36)34(29)26(25(23)30-24)20-8-6-5-7-9-20/h6,8-11,18,26,30H,4-5,7,12-17,19H2,1-3H3/t26-,29?/m1/s1. The van der Waals surface area contributed by atoms with E-state index in [1.54, 1.807) is 0 Å². The summed E-state index contributed by atoms with van der Waals surface area (Å²) in [6.45, 7) is 9.63. The highest BCUT2D eigenvalue weighted by Gasteiger charge is 2.60. The monoisotopic (exact) mass is 503 g/mol. The number of amides is 3.